The van der Waals surface area contributed by atoms with E-state index in [2.05, 4.69) is 41.7 Å². The van der Waals surface area contributed by atoms with E-state index in [4.69, 9.17) is 4.74 Å². The number of hydrogen-bond donors (Lipinski definition) is 1. The van der Waals surface area contributed by atoms with Crippen LogP contribution in [0.25, 0.3) is 0 Å². The number of anilines is 1. The molecule has 33 heavy (non-hydrogen) atoms. The predicted molar refractivity (Wildman–Crippen MR) is 133 cm³/mol. The van der Waals surface area contributed by atoms with Crippen LogP contribution in [0.5, 0.6) is 5.75 Å². The summed E-state index contributed by atoms with van der Waals surface area (Å²) < 4.78 is 6.14. The molecule has 0 aliphatic heterocycles. The molecule has 0 unspecified atom stereocenters. The smallest absolute Gasteiger partial charge is 0.265 e. The van der Waals surface area contributed by atoms with Crippen LogP contribution < -0.4 is 10.1 Å². The van der Waals surface area contributed by atoms with Gasteiger partial charge >= 0.3 is 0 Å². The first-order valence-electron chi connectivity index (χ1n) is 13.3. The van der Waals surface area contributed by atoms with E-state index in [0.29, 0.717) is 11.8 Å². The van der Waals surface area contributed by atoms with Crippen molar-refractivity contribution in [3.05, 3.63) is 59.2 Å². The number of hydrogen-bond acceptors (Lipinski definition) is 2. The molecule has 1 N–H and O–H groups in total. The number of carbonyl (C=O) groups excluding carboxylic acids is 1. The minimum absolute atomic E-state index is 0.0576. The van der Waals surface area contributed by atoms with Crippen LogP contribution in [0.2, 0.25) is 0 Å². The van der Waals surface area contributed by atoms with Crippen LogP contribution in [0.1, 0.15) is 81.4 Å². The SMILES string of the molecule is CC[C@H](Oc1ccc2c(c1)CCCC2)C(=O)Nc1ccc(C23CC4CC(CC(C4)C2)C3)cc1. The first-order chi connectivity index (χ1) is 16.1. The number of aryl methyl sites for hydroxylation is 2. The van der Waals surface area contributed by atoms with E-state index in [9.17, 15) is 4.79 Å². The molecule has 0 heterocycles. The molecule has 0 saturated heterocycles. The molecule has 1 atom stereocenters. The zero-order valence-corrected chi connectivity index (χ0v) is 19.9. The Kier molecular flexibility index (Phi) is 5.47. The molecule has 4 bridgehead atoms. The maximum Gasteiger partial charge on any atom is 0.265 e. The number of benzene rings is 2. The van der Waals surface area contributed by atoms with Crippen LogP contribution in [0.3, 0.4) is 0 Å². The summed E-state index contributed by atoms with van der Waals surface area (Å²) in [5, 5.41) is 3.11. The summed E-state index contributed by atoms with van der Waals surface area (Å²) in [6.45, 7) is 2.01. The van der Waals surface area contributed by atoms with E-state index in [1.54, 1.807) is 0 Å². The van der Waals surface area contributed by atoms with E-state index < -0.39 is 6.10 Å². The minimum Gasteiger partial charge on any atom is -0.481 e. The Morgan fingerprint density at radius 3 is 2.21 bits per heavy atom. The molecule has 7 rings (SSSR count). The summed E-state index contributed by atoms with van der Waals surface area (Å²) >= 11 is 0. The van der Waals surface area contributed by atoms with Gasteiger partial charge in [0.05, 0.1) is 0 Å². The van der Waals surface area contributed by atoms with Gasteiger partial charge in [0.1, 0.15) is 5.75 Å². The third-order valence-corrected chi connectivity index (χ3v) is 9.06. The van der Waals surface area contributed by atoms with E-state index in [1.165, 1.54) is 68.1 Å². The topological polar surface area (TPSA) is 38.3 Å². The first kappa shape index (κ1) is 21.3. The van der Waals surface area contributed by atoms with Crippen molar-refractivity contribution in [2.24, 2.45) is 17.8 Å². The Hall–Kier alpha value is -2.29. The number of rotatable bonds is 6. The Morgan fingerprint density at radius 1 is 0.939 bits per heavy atom. The quantitative estimate of drug-likeness (QED) is 0.531. The zero-order valence-electron chi connectivity index (χ0n) is 19.9. The van der Waals surface area contributed by atoms with E-state index >= 15 is 0 Å². The summed E-state index contributed by atoms with van der Waals surface area (Å²) in [6, 6.07) is 15.1. The fraction of sp³-hybridized carbons (Fsp3) is 0.567. The molecule has 4 saturated carbocycles. The van der Waals surface area contributed by atoms with E-state index in [1.807, 2.05) is 13.0 Å². The van der Waals surface area contributed by atoms with Crippen molar-refractivity contribution in [2.75, 3.05) is 5.32 Å². The van der Waals surface area contributed by atoms with Crippen LogP contribution in [0, 0.1) is 17.8 Å². The Bertz CT molecular complexity index is 989. The largest absolute Gasteiger partial charge is 0.481 e. The lowest BCUT2D eigenvalue weighted by molar-refractivity contribution is -0.122. The van der Waals surface area contributed by atoms with Crippen molar-refractivity contribution in [3.63, 3.8) is 0 Å². The zero-order chi connectivity index (χ0) is 22.4. The monoisotopic (exact) mass is 443 g/mol. The minimum atomic E-state index is -0.477. The Morgan fingerprint density at radius 2 is 1.58 bits per heavy atom. The molecule has 3 heteroatoms. The molecule has 3 nitrogen and oxygen atoms in total. The summed E-state index contributed by atoms with van der Waals surface area (Å²) in [7, 11) is 0. The maximum atomic E-state index is 13.0. The van der Waals surface area contributed by atoms with Crippen molar-refractivity contribution >= 4 is 11.6 Å². The van der Waals surface area contributed by atoms with Crippen molar-refractivity contribution in [1.29, 1.82) is 0 Å². The highest BCUT2D eigenvalue weighted by atomic mass is 16.5. The Balaban J connectivity index is 1.12. The van der Waals surface area contributed by atoms with Gasteiger partial charge in [-0.1, -0.05) is 25.1 Å². The molecular formula is C30H37NO2. The second-order valence-electron chi connectivity index (χ2n) is 11.4. The van der Waals surface area contributed by atoms with E-state index in [-0.39, 0.29) is 5.91 Å². The van der Waals surface area contributed by atoms with Gasteiger partial charge in [0.2, 0.25) is 0 Å². The molecule has 5 aliphatic rings. The third-order valence-electron chi connectivity index (χ3n) is 9.06. The molecule has 0 radical (unpaired) electrons. The number of ether oxygens (including phenoxy) is 1. The lowest BCUT2D eigenvalue weighted by Crippen LogP contribution is -2.48. The van der Waals surface area contributed by atoms with Gasteiger partial charge in [-0.2, -0.15) is 0 Å². The van der Waals surface area contributed by atoms with Gasteiger partial charge in [-0.05, 0) is 135 Å². The highest BCUT2D eigenvalue weighted by molar-refractivity contribution is 5.94. The summed E-state index contributed by atoms with van der Waals surface area (Å²) in [6.07, 6.45) is 13.5. The number of amides is 1. The van der Waals surface area contributed by atoms with Crippen molar-refractivity contribution < 1.29 is 9.53 Å². The van der Waals surface area contributed by atoms with Gasteiger partial charge < -0.3 is 10.1 Å². The van der Waals surface area contributed by atoms with Gasteiger partial charge in [0.25, 0.3) is 5.91 Å². The highest BCUT2D eigenvalue weighted by Gasteiger charge is 2.51. The molecule has 1 amide bonds. The molecular weight excluding hydrogens is 406 g/mol. The highest BCUT2D eigenvalue weighted by Crippen LogP contribution is 2.60. The second kappa shape index (κ2) is 8.49. The van der Waals surface area contributed by atoms with Crippen LogP contribution in [-0.4, -0.2) is 12.0 Å². The second-order valence-corrected chi connectivity index (χ2v) is 11.4. The molecule has 0 spiro atoms. The summed E-state index contributed by atoms with van der Waals surface area (Å²) in [5.74, 6) is 3.60. The molecule has 2 aromatic rings. The average Bonchev–Trinajstić information content (AvgIpc) is 2.82. The predicted octanol–water partition coefficient (Wildman–Crippen LogP) is 6.83. The fourth-order valence-corrected chi connectivity index (χ4v) is 7.86. The van der Waals surface area contributed by atoms with E-state index in [0.717, 1.165) is 42.0 Å². The molecule has 2 aromatic carbocycles. The van der Waals surface area contributed by atoms with Gasteiger partial charge in [-0.3, -0.25) is 4.79 Å². The van der Waals surface area contributed by atoms with Gasteiger partial charge in [-0.25, -0.2) is 0 Å². The number of nitrogens with one attached hydrogen (secondary N) is 1. The molecule has 4 fully saturated rings. The van der Waals surface area contributed by atoms with Gasteiger partial charge in [-0.15, -0.1) is 0 Å². The van der Waals surface area contributed by atoms with Crippen LogP contribution in [-0.2, 0) is 23.1 Å². The fourth-order valence-electron chi connectivity index (χ4n) is 7.86. The lowest BCUT2D eigenvalue weighted by Gasteiger charge is -2.57. The molecule has 174 valence electrons. The van der Waals surface area contributed by atoms with Crippen molar-refractivity contribution in [2.45, 2.75) is 89.1 Å². The maximum absolute atomic E-state index is 13.0. The number of fused-ring (bicyclic) bond motifs is 1. The molecule has 5 aliphatic carbocycles. The lowest BCUT2D eigenvalue weighted by atomic mass is 9.48. The number of carbonyl (C=O) groups is 1. The van der Waals surface area contributed by atoms with Gasteiger partial charge in [0.15, 0.2) is 6.10 Å². The van der Waals surface area contributed by atoms with Crippen LogP contribution in [0.15, 0.2) is 42.5 Å². The third kappa shape index (κ3) is 4.09. The van der Waals surface area contributed by atoms with Crippen molar-refractivity contribution in [1.82, 2.24) is 0 Å². The van der Waals surface area contributed by atoms with Crippen molar-refractivity contribution in [3.8, 4) is 5.75 Å². The first-order valence-corrected chi connectivity index (χ1v) is 13.3. The van der Waals surface area contributed by atoms with Crippen LogP contribution >= 0.6 is 0 Å². The molecule has 0 aromatic heterocycles. The normalized spacial score (nSPS) is 30.5. The summed E-state index contributed by atoms with van der Waals surface area (Å²) in [5.41, 5.74) is 5.59. The van der Waals surface area contributed by atoms with Crippen LogP contribution in [0.4, 0.5) is 5.69 Å². The standard InChI is InChI=1S/C30H37NO2/c1-2-28(33-27-12-7-23-5-3-4-6-24(23)16-27)29(32)31-26-10-8-25(9-11-26)30-17-20-13-21(18-30)15-22(14-20)19-30/h7-12,16,20-22,28H,2-6,13-15,17-19H2,1H3,(H,31,32)/t20?,21?,22?,28-,30?/m0/s1. The average molecular weight is 444 g/mol. The van der Waals surface area contributed by atoms with Gasteiger partial charge in [0, 0.05) is 5.69 Å². The Labute approximate surface area is 198 Å². The summed E-state index contributed by atoms with van der Waals surface area (Å²) in [4.78, 5) is 13.0.